The Kier molecular flexibility index (Phi) is 0.979. The summed E-state index contributed by atoms with van der Waals surface area (Å²) in [5.74, 6) is 0. The molecule has 0 aromatic carbocycles. The first-order valence-corrected chi connectivity index (χ1v) is 3.33. The normalized spacial score (nSPS) is 23.1. The second kappa shape index (κ2) is 1.79. The van der Waals surface area contributed by atoms with Crippen LogP contribution in [-0.4, -0.2) is 13.1 Å². The molecule has 9 heavy (non-hydrogen) atoms. The molecule has 2 nitrogen and oxygen atoms in total. The van der Waals surface area contributed by atoms with Gasteiger partial charge in [0, 0.05) is 25.0 Å². The van der Waals surface area contributed by atoms with Crippen LogP contribution in [0.3, 0.4) is 0 Å². The van der Waals surface area contributed by atoms with Crippen molar-refractivity contribution in [3.63, 3.8) is 0 Å². The molecule has 0 amide bonds. The molecule has 0 aromatic heterocycles. The van der Waals surface area contributed by atoms with Crippen LogP contribution in [0.1, 0.15) is 6.42 Å². The number of hydrogen-bond acceptors (Lipinski definition) is 2. The van der Waals surface area contributed by atoms with E-state index in [4.69, 9.17) is 0 Å². The average Bonchev–Trinajstić information content (AvgIpc) is 2.33. The second-order valence-electron chi connectivity index (χ2n) is 2.37. The maximum atomic E-state index is 3.31. The van der Waals surface area contributed by atoms with E-state index in [-0.39, 0.29) is 0 Å². The number of nitrogens with one attached hydrogen (secondary N) is 2. The Morgan fingerprint density at radius 1 is 1.44 bits per heavy atom. The molecule has 0 saturated carbocycles. The van der Waals surface area contributed by atoms with Crippen LogP contribution in [0.2, 0.25) is 0 Å². The maximum absolute atomic E-state index is 3.31. The molecule has 0 atom stereocenters. The average molecular weight is 122 g/mol. The smallest absolute Gasteiger partial charge is 0.0365 e. The standard InChI is InChI=1S/C7H10N2/c1-4-9-7-2-3-8-5-6(1)7/h2,5,8-9H,1,3-4H2. The molecule has 48 valence electrons. The summed E-state index contributed by atoms with van der Waals surface area (Å²) in [7, 11) is 0. The summed E-state index contributed by atoms with van der Waals surface area (Å²) in [6, 6.07) is 0. The fraction of sp³-hybridized carbons (Fsp3) is 0.429. The third-order valence-electron chi connectivity index (χ3n) is 1.76. The fourth-order valence-corrected chi connectivity index (χ4v) is 1.28. The van der Waals surface area contributed by atoms with Gasteiger partial charge in [0.25, 0.3) is 0 Å². The first-order valence-electron chi connectivity index (χ1n) is 3.33. The van der Waals surface area contributed by atoms with Crippen LogP contribution in [0.5, 0.6) is 0 Å². The van der Waals surface area contributed by atoms with Gasteiger partial charge in [-0.05, 0) is 18.1 Å². The van der Waals surface area contributed by atoms with Gasteiger partial charge in [-0.3, -0.25) is 0 Å². The predicted octanol–water partition coefficient (Wildman–Crippen LogP) is 0.351. The van der Waals surface area contributed by atoms with Crippen molar-refractivity contribution in [2.75, 3.05) is 13.1 Å². The Balaban J connectivity index is 2.30. The summed E-state index contributed by atoms with van der Waals surface area (Å²) in [6.45, 7) is 2.09. The Labute approximate surface area is 54.6 Å². The van der Waals surface area contributed by atoms with E-state index in [0.717, 1.165) is 13.1 Å². The Morgan fingerprint density at radius 3 is 3.33 bits per heavy atom. The van der Waals surface area contributed by atoms with Crippen molar-refractivity contribution in [3.05, 3.63) is 23.5 Å². The monoisotopic (exact) mass is 122 g/mol. The molecular formula is C7H10N2. The molecule has 2 N–H and O–H groups in total. The van der Waals surface area contributed by atoms with E-state index in [1.54, 1.807) is 0 Å². The predicted molar refractivity (Wildman–Crippen MR) is 36.8 cm³/mol. The number of dihydropyridines is 1. The minimum absolute atomic E-state index is 0.978. The van der Waals surface area contributed by atoms with E-state index in [1.807, 2.05) is 0 Å². The van der Waals surface area contributed by atoms with Crippen LogP contribution >= 0.6 is 0 Å². The highest BCUT2D eigenvalue weighted by Gasteiger charge is 2.13. The maximum Gasteiger partial charge on any atom is 0.0365 e. The van der Waals surface area contributed by atoms with E-state index in [2.05, 4.69) is 22.9 Å². The highest BCUT2D eigenvalue weighted by molar-refractivity contribution is 5.35. The van der Waals surface area contributed by atoms with Gasteiger partial charge in [-0.25, -0.2) is 0 Å². The third kappa shape index (κ3) is 0.707. The van der Waals surface area contributed by atoms with Crippen LogP contribution in [0.15, 0.2) is 23.5 Å². The van der Waals surface area contributed by atoms with Crippen molar-refractivity contribution in [1.82, 2.24) is 10.6 Å². The first-order chi connectivity index (χ1) is 4.47. The summed E-state index contributed by atoms with van der Waals surface area (Å²) < 4.78 is 0. The molecule has 2 aliphatic rings. The number of hydrogen-bond donors (Lipinski definition) is 2. The zero-order valence-corrected chi connectivity index (χ0v) is 5.28. The third-order valence-corrected chi connectivity index (χ3v) is 1.76. The van der Waals surface area contributed by atoms with Gasteiger partial charge in [-0.15, -0.1) is 0 Å². The zero-order valence-electron chi connectivity index (χ0n) is 5.28. The van der Waals surface area contributed by atoms with E-state index in [1.165, 1.54) is 17.7 Å². The Bertz CT molecular complexity index is 159. The van der Waals surface area contributed by atoms with E-state index < -0.39 is 0 Å². The summed E-state index contributed by atoms with van der Waals surface area (Å²) in [5, 5.41) is 6.49. The molecule has 2 heteroatoms. The molecule has 0 aliphatic carbocycles. The number of fused-ring (bicyclic) bond motifs is 1. The highest BCUT2D eigenvalue weighted by Crippen LogP contribution is 2.17. The molecule has 1 fully saturated rings. The Hall–Kier alpha value is -0.920. The van der Waals surface area contributed by atoms with Crippen molar-refractivity contribution in [1.29, 1.82) is 0 Å². The molecule has 2 heterocycles. The molecule has 0 radical (unpaired) electrons. The van der Waals surface area contributed by atoms with E-state index in [9.17, 15) is 0 Å². The molecule has 0 unspecified atom stereocenters. The number of allylic oxidation sites excluding steroid dienone is 1. The van der Waals surface area contributed by atoms with Crippen LogP contribution in [-0.2, 0) is 0 Å². The Morgan fingerprint density at radius 2 is 2.44 bits per heavy atom. The summed E-state index contributed by atoms with van der Waals surface area (Å²) in [4.78, 5) is 0. The van der Waals surface area contributed by atoms with Gasteiger partial charge in [-0.2, -0.15) is 0 Å². The van der Waals surface area contributed by atoms with Crippen LogP contribution in [0.25, 0.3) is 0 Å². The topological polar surface area (TPSA) is 24.1 Å². The molecular weight excluding hydrogens is 112 g/mol. The summed E-state index contributed by atoms with van der Waals surface area (Å²) >= 11 is 0. The lowest BCUT2D eigenvalue weighted by Gasteiger charge is -2.07. The van der Waals surface area contributed by atoms with Gasteiger partial charge >= 0.3 is 0 Å². The molecule has 0 spiro atoms. The largest absolute Gasteiger partial charge is 0.387 e. The molecule has 0 bridgehead atoms. The van der Waals surface area contributed by atoms with Gasteiger partial charge < -0.3 is 10.6 Å². The van der Waals surface area contributed by atoms with E-state index >= 15 is 0 Å². The fourth-order valence-electron chi connectivity index (χ4n) is 1.28. The highest BCUT2D eigenvalue weighted by atomic mass is 14.9. The molecule has 1 saturated heterocycles. The van der Waals surface area contributed by atoms with Gasteiger partial charge in [0.15, 0.2) is 0 Å². The van der Waals surface area contributed by atoms with Crippen LogP contribution < -0.4 is 10.6 Å². The van der Waals surface area contributed by atoms with Gasteiger partial charge in [-0.1, -0.05) is 0 Å². The van der Waals surface area contributed by atoms with Crippen LogP contribution in [0.4, 0.5) is 0 Å². The minimum Gasteiger partial charge on any atom is -0.387 e. The zero-order chi connectivity index (χ0) is 6.10. The quantitative estimate of drug-likeness (QED) is 0.484. The lowest BCUT2D eigenvalue weighted by atomic mass is 10.1. The second-order valence-corrected chi connectivity index (χ2v) is 2.37. The SMILES string of the molecule is C1=C2CCNC2=CCN1. The van der Waals surface area contributed by atoms with Gasteiger partial charge in [0.05, 0.1) is 0 Å². The van der Waals surface area contributed by atoms with Gasteiger partial charge in [0.1, 0.15) is 0 Å². The molecule has 2 aliphatic heterocycles. The lowest BCUT2D eigenvalue weighted by molar-refractivity contribution is 0.901. The summed E-state index contributed by atoms with van der Waals surface area (Å²) in [5.41, 5.74) is 2.77. The van der Waals surface area contributed by atoms with Crippen molar-refractivity contribution >= 4 is 0 Å². The van der Waals surface area contributed by atoms with Crippen molar-refractivity contribution in [2.45, 2.75) is 6.42 Å². The molecule has 2 rings (SSSR count). The number of rotatable bonds is 0. The van der Waals surface area contributed by atoms with Crippen molar-refractivity contribution < 1.29 is 0 Å². The van der Waals surface area contributed by atoms with Crippen molar-refractivity contribution in [3.8, 4) is 0 Å². The van der Waals surface area contributed by atoms with Gasteiger partial charge in [0.2, 0.25) is 0 Å². The molecule has 0 aromatic rings. The first kappa shape index (κ1) is 4.91. The minimum atomic E-state index is 0.978. The lowest BCUT2D eigenvalue weighted by Crippen LogP contribution is -2.14. The van der Waals surface area contributed by atoms with Crippen molar-refractivity contribution in [2.24, 2.45) is 0 Å². The van der Waals surface area contributed by atoms with E-state index in [0.29, 0.717) is 0 Å². The van der Waals surface area contributed by atoms with Crippen LogP contribution in [0, 0.1) is 0 Å². The summed E-state index contributed by atoms with van der Waals surface area (Å²) in [6.07, 6.45) is 5.48.